The number of nitro benzene ring substituents is 1. The van der Waals surface area contributed by atoms with Crippen LogP contribution in [-0.4, -0.2) is 19.1 Å². The molecule has 2 aromatic carbocycles. The standard InChI is InChI=1S/C15H15ClN2O4/c1-21-14-6-4-12(18(19)20)7-10(14)9-17-13-8-11(16)3-5-15(13)22-2/h3-8,17H,9H2,1-2H3. The third-order valence-electron chi connectivity index (χ3n) is 3.11. The molecule has 0 aliphatic heterocycles. The molecule has 0 aliphatic rings. The van der Waals surface area contributed by atoms with Gasteiger partial charge in [-0.3, -0.25) is 10.1 Å². The topological polar surface area (TPSA) is 73.6 Å². The van der Waals surface area contributed by atoms with E-state index >= 15 is 0 Å². The summed E-state index contributed by atoms with van der Waals surface area (Å²) in [5, 5.41) is 14.6. The third kappa shape index (κ3) is 3.59. The fraction of sp³-hybridized carbons (Fsp3) is 0.200. The molecule has 7 heteroatoms. The van der Waals surface area contributed by atoms with Crippen molar-refractivity contribution in [2.45, 2.75) is 6.54 Å². The summed E-state index contributed by atoms with van der Waals surface area (Å²) < 4.78 is 10.5. The highest BCUT2D eigenvalue weighted by molar-refractivity contribution is 6.30. The summed E-state index contributed by atoms with van der Waals surface area (Å²) in [5.74, 6) is 1.20. The Morgan fingerprint density at radius 2 is 1.82 bits per heavy atom. The zero-order valence-corrected chi connectivity index (χ0v) is 12.9. The highest BCUT2D eigenvalue weighted by atomic mass is 35.5. The molecule has 116 valence electrons. The summed E-state index contributed by atoms with van der Waals surface area (Å²) in [4.78, 5) is 10.4. The number of methoxy groups -OCH3 is 2. The molecule has 22 heavy (non-hydrogen) atoms. The summed E-state index contributed by atoms with van der Waals surface area (Å²) in [6.07, 6.45) is 0. The number of nitro groups is 1. The molecule has 0 amide bonds. The highest BCUT2D eigenvalue weighted by Gasteiger charge is 2.12. The molecule has 0 saturated carbocycles. The molecule has 0 bridgehead atoms. The number of non-ortho nitro benzene ring substituents is 1. The molecule has 0 heterocycles. The van der Waals surface area contributed by atoms with Crippen molar-refractivity contribution in [3.63, 3.8) is 0 Å². The summed E-state index contributed by atoms with van der Waals surface area (Å²) in [7, 11) is 3.08. The maximum absolute atomic E-state index is 10.9. The second-order valence-electron chi connectivity index (χ2n) is 4.45. The first-order valence-electron chi connectivity index (χ1n) is 6.44. The van der Waals surface area contributed by atoms with Gasteiger partial charge in [-0.25, -0.2) is 0 Å². The fourth-order valence-corrected chi connectivity index (χ4v) is 2.20. The van der Waals surface area contributed by atoms with Gasteiger partial charge >= 0.3 is 0 Å². The van der Waals surface area contributed by atoms with E-state index in [9.17, 15) is 10.1 Å². The lowest BCUT2D eigenvalue weighted by Crippen LogP contribution is -2.04. The minimum atomic E-state index is -0.442. The van der Waals surface area contributed by atoms with Crippen LogP contribution in [0.3, 0.4) is 0 Å². The molecule has 0 aliphatic carbocycles. The van der Waals surface area contributed by atoms with E-state index in [0.717, 1.165) is 0 Å². The minimum Gasteiger partial charge on any atom is -0.496 e. The van der Waals surface area contributed by atoms with Crippen molar-refractivity contribution in [1.82, 2.24) is 0 Å². The van der Waals surface area contributed by atoms with Crippen LogP contribution in [0, 0.1) is 10.1 Å². The van der Waals surface area contributed by atoms with Gasteiger partial charge in [0, 0.05) is 29.3 Å². The second-order valence-corrected chi connectivity index (χ2v) is 4.89. The lowest BCUT2D eigenvalue weighted by atomic mass is 10.1. The Labute approximate surface area is 132 Å². The Bertz CT molecular complexity index is 691. The van der Waals surface area contributed by atoms with Crippen LogP contribution < -0.4 is 14.8 Å². The Kier molecular flexibility index (Phi) is 5.06. The Hall–Kier alpha value is -2.47. The van der Waals surface area contributed by atoms with Gasteiger partial charge < -0.3 is 14.8 Å². The normalized spacial score (nSPS) is 10.1. The molecule has 0 radical (unpaired) electrons. The molecule has 1 N–H and O–H groups in total. The Balaban J connectivity index is 2.25. The minimum absolute atomic E-state index is 0.00987. The van der Waals surface area contributed by atoms with Crippen molar-refractivity contribution >= 4 is 23.0 Å². The summed E-state index contributed by atoms with van der Waals surface area (Å²) in [6.45, 7) is 0.335. The first-order chi connectivity index (χ1) is 10.5. The van der Waals surface area contributed by atoms with E-state index in [1.54, 1.807) is 31.4 Å². The van der Waals surface area contributed by atoms with Gasteiger partial charge in [0.15, 0.2) is 0 Å². The molecule has 2 rings (SSSR count). The number of anilines is 1. The van der Waals surface area contributed by atoms with E-state index < -0.39 is 4.92 Å². The Morgan fingerprint density at radius 1 is 1.14 bits per heavy atom. The zero-order valence-electron chi connectivity index (χ0n) is 12.1. The number of rotatable bonds is 6. The molecule has 6 nitrogen and oxygen atoms in total. The number of ether oxygens (including phenoxy) is 2. The van der Waals surface area contributed by atoms with Crippen molar-refractivity contribution in [1.29, 1.82) is 0 Å². The molecule has 2 aromatic rings. The van der Waals surface area contributed by atoms with Crippen molar-refractivity contribution in [2.75, 3.05) is 19.5 Å². The molecule has 0 aromatic heterocycles. The van der Waals surface area contributed by atoms with Crippen LogP contribution in [0.15, 0.2) is 36.4 Å². The summed E-state index contributed by atoms with van der Waals surface area (Å²) in [5.41, 5.74) is 1.37. The third-order valence-corrected chi connectivity index (χ3v) is 3.34. The van der Waals surface area contributed by atoms with Crippen LogP contribution in [0.4, 0.5) is 11.4 Å². The number of halogens is 1. The molecular formula is C15H15ClN2O4. The van der Waals surface area contributed by atoms with Crippen molar-refractivity contribution in [3.05, 3.63) is 57.1 Å². The lowest BCUT2D eigenvalue weighted by molar-refractivity contribution is -0.384. The highest BCUT2D eigenvalue weighted by Crippen LogP contribution is 2.30. The van der Waals surface area contributed by atoms with Crippen LogP contribution in [0.25, 0.3) is 0 Å². The molecule has 0 spiro atoms. The van der Waals surface area contributed by atoms with Crippen LogP contribution >= 0.6 is 11.6 Å². The van der Waals surface area contributed by atoms with Crippen molar-refractivity contribution in [2.24, 2.45) is 0 Å². The maximum Gasteiger partial charge on any atom is 0.270 e. The zero-order chi connectivity index (χ0) is 16.1. The van der Waals surface area contributed by atoms with Gasteiger partial charge in [0.1, 0.15) is 11.5 Å². The number of nitrogens with zero attached hydrogens (tertiary/aromatic N) is 1. The average molecular weight is 323 g/mol. The summed E-state index contributed by atoms with van der Waals surface area (Å²) >= 11 is 5.97. The second kappa shape index (κ2) is 7.00. The number of nitrogens with one attached hydrogen (secondary N) is 1. The maximum atomic E-state index is 10.9. The van der Waals surface area contributed by atoms with Gasteiger partial charge in [0.2, 0.25) is 0 Å². The molecular weight excluding hydrogens is 308 g/mol. The monoisotopic (exact) mass is 322 g/mol. The Morgan fingerprint density at radius 3 is 2.45 bits per heavy atom. The molecule has 0 saturated heterocycles. The van der Waals surface area contributed by atoms with Crippen LogP contribution in [0.1, 0.15) is 5.56 Å². The van der Waals surface area contributed by atoms with Gasteiger partial charge in [-0.2, -0.15) is 0 Å². The van der Waals surface area contributed by atoms with Crippen molar-refractivity contribution in [3.8, 4) is 11.5 Å². The first kappa shape index (κ1) is 15.9. The van der Waals surface area contributed by atoms with Gasteiger partial charge in [0.05, 0.1) is 24.8 Å². The van der Waals surface area contributed by atoms with E-state index in [2.05, 4.69) is 5.32 Å². The van der Waals surface area contributed by atoms with Gasteiger partial charge in [0.25, 0.3) is 5.69 Å². The van der Waals surface area contributed by atoms with Crippen LogP contribution in [-0.2, 0) is 6.54 Å². The van der Waals surface area contributed by atoms with Gasteiger partial charge in [-0.15, -0.1) is 0 Å². The molecule has 0 unspecified atom stereocenters. The van der Waals surface area contributed by atoms with E-state index in [0.29, 0.717) is 34.3 Å². The number of benzene rings is 2. The van der Waals surface area contributed by atoms with E-state index in [4.69, 9.17) is 21.1 Å². The van der Waals surface area contributed by atoms with Gasteiger partial charge in [-0.1, -0.05) is 11.6 Å². The molecule has 0 fully saturated rings. The largest absolute Gasteiger partial charge is 0.496 e. The fourth-order valence-electron chi connectivity index (χ4n) is 2.03. The van der Waals surface area contributed by atoms with Gasteiger partial charge in [-0.05, 0) is 24.3 Å². The van der Waals surface area contributed by atoms with E-state index in [1.807, 2.05) is 0 Å². The smallest absolute Gasteiger partial charge is 0.270 e. The van der Waals surface area contributed by atoms with Crippen molar-refractivity contribution < 1.29 is 14.4 Å². The number of hydrogen-bond donors (Lipinski definition) is 1. The predicted octanol–water partition coefficient (Wildman–Crippen LogP) is 3.88. The SMILES string of the molecule is COc1ccc([N+](=O)[O-])cc1CNc1cc(Cl)ccc1OC. The molecule has 0 atom stereocenters. The van der Waals surface area contributed by atoms with Crippen LogP contribution in [0.5, 0.6) is 11.5 Å². The van der Waals surface area contributed by atoms with E-state index in [-0.39, 0.29) is 5.69 Å². The average Bonchev–Trinajstić information content (AvgIpc) is 2.52. The van der Waals surface area contributed by atoms with E-state index in [1.165, 1.54) is 19.2 Å². The lowest BCUT2D eigenvalue weighted by Gasteiger charge is -2.13. The number of hydrogen-bond acceptors (Lipinski definition) is 5. The summed E-state index contributed by atoms with van der Waals surface area (Å²) in [6, 6.07) is 9.65. The first-order valence-corrected chi connectivity index (χ1v) is 6.81. The van der Waals surface area contributed by atoms with Crippen LogP contribution in [0.2, 0.25) is 5.02 Å². The quantitative estimate of drug-likeness (QED) is 0.645. The predicted molar refractivity (Wildman–Crippen MR) is 85.0 cm³/mol.